The van der Waals surface area contributed by atoms with Crippen molar-refractivity contribution in [3.05, 3.63) is 78.2 Å². The average Bonchev–Trinajstić information content (AvgIpc) is 3.08. The molecule has 7 heteroatoms. The maximum atomic E-state index is 5.42. The highest BCUT2D eigenvalue weighted by Crippen LogP contribution is 2.29. The molecule has 7 nitrogen and oxygen atoms in total. The van der Waals surface area contributed by atoms with Crippen LogP contribution < -0.4 is 16.8 Å². The Labute approximate surface area is 162 Å². The summed E-state index contributed by atoms with van der Waals surface area (Å²) in [6, 6.07) is 15.8. The Morgan fingerprint density at radius 3 is 2.64 bits per heavy atom. The second-order valence-electron chi connectivity index (χ2n) is 6.49. The molecule has 0 aliphatic rings. The fourth-order valence-electron chi connectivity index (χ4n) is 3.10. The number of aryl methyl sites for hydroxylation is 1. The fourth-order valence-corrected chi connectivity index (χ4v) is 3.10. The molecule has 0 radical (unpaired) electrons. The van der Waals surface area contributed by atoms with E-state index in [1.54, 1.807) is 6.20 Å². The summed E-state index contributed by atoms with van der Waals surface area (Å²) in [5.41, 5.74) is 16.6. The van der Waals surface area contributed by atoms with Crippen molar-refractivity contribution >= 4 is 23.1 Å². The van der Waals surface area contributed by atoms with E-state index in [1.165, 1.54) is 0 Å². The van der Waals surface area contributed by atoms with Gasteiger partial charge in [-0.15, -0.1) is 0 Å². The molecule has 0 aliphatic carbocycles. The lowest BCUT2D eigenvalue weighted by atomic mass is 10.2. The minimum atomic E-state index is 0.0492. The van der Waals surface area contributed by atoms with E-state index < -0.39 is 0 Å². The van der Waals surface area contributed by atoms with E-state index in [4.69, 9.17) is 16.5 Å². The number of nitrogens with one attached hydrogen (secondary N) is 1. The van der Waals surface area contributed by atoms with Gasteiger partial charge in [-0.05, 0) is 48.4 Å². The summed E-state index contributed by atoms with van der Waals surface area (Å²) in [5.74, 6) is 0.980. The molecule has 0 saturated heterocycles. The number of anilines is 1. The molecular formula is C21H21N7. The van der Waals surface area contributed by atoms with Crippen molar-refractivity contribution < 1.29 is 0 Å². The molecule has 0 unspecified atom stereocenters. The summed E-state index contributed by atoms with van der Waals surface area (Å²) in [5, 5.41) is 3.53. The molecule has 4 aromatic rings. The second kappa shape index (κ2) is 7.40. The number of hydrogen-bond donors (Lipinski definition) is 3. The largest absolute Gasteiger partial charge is 0.370 e. The van der Waals surface area contributed by atoms with Crippen LogP contribution in [0.25, 0.3) is 16.9 Å². The van der Waals surface area contributed by atoms with Crippen LogP contribution in [0.2, 0.25) is 0 Å². The Balaban J connectivity index is 1.68. The third-order valence-corrected chi connectivity index (χ3v) is 4.43. The van der Waals surface area contributed by atoms with Crippen molar-refractivity contribution in [1.82, 2.24) is 14.4 Å². The molecule has 5 N–H and O–H groups in total. The van der Waals surface area contributed by atoms with E-state index in [-0.39, 0.29) is 5.96 Å². The van der Waals surface area contributed by atoms with Crippen molar-refractivity contribution in [2.75, 3.05) is 5.32 Å². The van der Waals surface area contributed by atoms with E-state index in [1.807, 2.05) is 54.9 Å². The van der Waals surface area contributed by atoms with Crippen LogP contribution in [0.1, 0.15) is 11.1 Å². The number of benzene rings is 1. The first-order chi connectivity index (χ1) is 13.6. The number of aliphatic imine (C=N–C) groups is 1. The van der Waals surface area contributed by atoms with Crippen LogP contribution >= 0.6 is 0 Å². The van der Waals surface area contributed by atoms with Crippen LogP contribution in [0.15, 0.2) is 72.1 Å². The summed E-state index contributed by atoms with van der Waals surface area (Å²) in [4.78, 5) is 13.1. The molecule has 0 amide bonds. The topological polar surface area (TPSA) is 107 Å². The van der Waals surface area contributed by atoms with Gasteiger partial charge in [0.15, 0.2) is 5.96 Å². The molecular weight excluding hydrogens is 350 g/mol. The first kappa shape index (κ1) is 17.5. The number of imidazole rings is 1. The van der Waals surface area contributed by atoms with E-state index in [0.717, 1.165) is 39.5 Å². The highest BCUT2D eigenvalue weighted by Gasteiger charge is 2.15. The first-order valence-corrected chi connectivity index (χ1v) is 8.92. The molecule has 1 aromatic carbocycles. The zero-order valence-corrected chi connectivity index (χ0v) is 15.5. The van der Waals surface area contributed by atoms with Gasteiger partial charge in [0.2, 0.25) is 0 Å². The lowest BCUT2D eigenvalue weighted by molar-refractivity contribution is 1.08. The number of guanidine groups is 1. The number of nitrogens with zero attached hydrogens (tertiary/aromatic N) is 4. The van der Waals surface area contributed by atoms with E-state index in [0.29, 0.717) is 6.54 Å². The van der Waals surface area contributed by atoms with Gasteiger partial charge in [-0.2, -0.15) is 0 Å². The van der Waals surface area contributed by atoms with Gasteiger partial charge in [-0.3, -0.25) is 9.38 Å². The number of aromatic nitrogens is 3. The summed E-state index contributed by atoms with van der Waals surface area (Å²) >= 11 is 0. The van der Waals surface area contributed by atoms with Gasteiger partial charge in [0.1, 0.15) is 17.2 Å². The monoisotopic (exact) mass is 371 g/mol. The zero-order chi connectivity index (χ0) is 19.5. The van der Waals surface area contributed by atoms with E-state index in [2.05, 4.69) is 32.7 Å². The lowest BCUT2D eigenvalue weighted by Gasteiger charge is -2.09. The Hall–Kier alpha value is -3.87. The van der Waals surface area contributed by atoms with Gasteiger partial charge in [-0.1, -0.05) is 18.2 Å². The molecule has 3 aromatic heterocycles. The normalized spacial score (nSPS) is 10.8. The SMILES string of the molecule is Cc1cccn2c(NCc3ccc(N=C(N)N)cc3)c(-c3cccnc3)nc12. The molecule has 0 atom stereocenters. The van der Waals surface area contributed by atoms with Gasteiger partial charge in [0, 0.05) is 30.7 Å². The van der Waals surface area contributed by atoms with Gasteiger partial charge < -0.3 is 16.8 Å². The van der Waals surface area contributed by atoms with Crippen LogP contribution in [0.3, 0.4) is 0 Å². The van der Waals surface area contributed by atoms with Crippen LogP contribution in [0, 0.1) is 6.92 Å². The van der Waals surface area contributed by atoms with Crippen molar-refractivity contribution in [3.8, 4) is 11.3 Å². The molecule has 0 saturated carbocycles. The van der Waals surface area contributed by atoms with Crippen LogP contribution in [-0.4, -0.2) is 20.3 Å². The first-order valence-electron chi connectivity index (χ1n) is 8.92. The molecule has 0 spiro atoms. The van der Waals surface area contributed by atoms with Crippen molar-refractivity contribution in [3.63, 3.8) is 0 Å². The number of fused-ring (bicyclic) bond motifs is 1. The molecule has 3 heterocycles. The van der Waals surface area contributed by atoms with Gasteiger partial charge in [0.25, 0.3) is 0 Å². The molecule has 0 bridgehead atoms. The Morgan fingerprint density at radius 2 is 1.93 bits per heavy atom. The number of nitrogens with two attached hydrogens (primary N) is 2. The lowest BCUT2D eigenvalue weighted by Crippen LogP contribution is -2.21. The molecule has 140 valence electrons. The van der Waals surface area contributed by atoms with Crippen molar-refractivity contribution in [2.45, 2.75) is 13.5 Å². The minimum absolute atomic E-state index is 0.0492. The number of pyridine rings is 2. The molecule has 28 heavy (non-hydrogen) atoms. The predicted molar refractivity (Wildman–Crippen MR) is 112 cm³/mol. The summed E-state index contributed by atoms with van der Waals surface area (Å²) < 4.78 is 2.07. The standard InChI is InChI=1S/C21H21N7/c1-14-4-3-11-28-19(14)27-18(16-5-2-10-24-13-16)20(28)25-12-15-6-8-17(9-7-15)26-21(22)23/h2-11,13,25H,12H2,1H3,(H4,22,23,26). The quantitative estimate of drug-likeness (QED) is 0.369. The van der Waals surface area contributed by atoms with Gasteiger partial charge in [0.05, 0.1) is 5.69 Å². The molecule has 4 rings (SSSR count). The van der Waals surface area contributed by atoms with E-state index >= 15 is 0 Å². The second-order valence-corrected chi connectivity index (χ2v) is 6.49. The van der Waals surface area contributed by atoms with Crippen molar-refractivity contribution in [1.29, 1.82) is 0 Å². The summed E-state index contributed by atoms with van der Waals surface area (Å²) in [6.45, 7) is 2.69. The third-order valence-electron chi connectivity index (χ3n) is 4.43. The maximum absolute atomic E-state index is 5.42. The number of rotatable bonds is 5. The van der Waals surface area contributed by atoms with Crippen LogP contribution in [0.4, 0.5) is 11.5 Å². The van der Waals surface area contributed by atoms with Crippen LogP contribution in [-0.2, 0) is 6.54 Å². The predicted octanol–water partition coefficient (Wildman–Crippen LogP) is 3.22. The Kier molecular flexibility index (Phi) is 4.63. The van der Waals surface area contributed by atoms with Gasteiger partial charge in [-0.25, -0.2) is 9.98 Å². The van der Waals surface area contributed by atoms with Gasteiger partial charge >= 0.3 is 0 Å². The fraction of sp³-hybridized carbons (Fsp3) is 0.0952. The average molecular weight is 371 g/mol. The Morgan fingerprint density at radius 1 is 1.11 bits per heavy atom. The number of hydrogen-bond acceptors (Lipinski definition) is 4. The van der Waals surface area contributed by atoms with E-state index in [9.17, 15) is 0 Å². The molecule has 0 aliphatic heterocycles. The Bertz CT molecular complexity index is 1120. The third kappa shape index (κ3) is 3.50. The smallest absolute Gasteiger partial charge is 0.191 e. The summed E-state index contributed by atoms with van der Waals surface area (Å²) in [7, 11) is 0. The summed E-state index contributed by atoms with van der Waals surface area (Å²) in [6.07, 6.45) is 5.60. The zero-order valence-electron chi connectivity index (χ0n) is 15.5. The van der Waals surface area contributed by atoms with Crippen molar-refractivity contribution in [2.24, 2.45) is 16.5 Å². The highest BCUT2D eigenvalue weighted by molar-refractivity contribution is 5.79. The molecule has 0 fully saturated rings. The van der Waals surface area contributed by atoms with Crippen LogP contribution in [0.5, 0.6) is 0 Å². The highest BCUT2D eigenvalue weighted by atomic mass is 15.1. The maximum Gasteiger partial charge on any atom is 0.191 e. The minimum Gasteiger partial charge on any atom is -0.370 e.